The zero-order valence-electron chi connectivity index (χ0n) is 13.1. The number of hydrogen-bond acceptors (Lipinski definition) is 7. The fraction of sp³-hybridized carbons (Fsp3) is 0.467. The minimum absolute atomic E-state index is 0.0998. The number of nitrogens with zero attached hydrogens (tertiary/aromatic N) is 4. The van der Waals surface area contributed by atoms with E-state index in [0.717, 1.165) is 18.8 Å². The van der Waals surface area contributed by atoms with E-state index in [4.69, 9.17) is 9.26 Å². The number of ether oxygens (including phenoxy) is 1. The first-order valence-electron chi connectivity index (χ1n) is 7.44. The number of carbonyl (C=O) groups is 1. The number of methoxy groups -OCH3 is 1. The van der Waals surface area contributed by atoms with Crippen molar-refractivity contribution in [2.45, 2.75) is 25.5 Å². The highest BCUT2D eigenvalue weighted by Crippen LogP contribution is 2.24. The Morgan fingerprint density at radius 1 is 1.57 bits per heavy atom. The van der Waals surface area contributed by atoms with Gasteiger partial charge >= 0.3 is 0 Å². The lowest BCUT2D eigenvalue weighted by Gasteiger charge is -2.25. The first-order valence-corrected chi connectivity index (χ1v) is 7.44. The first kappa shape index (κ1) is 15.4. The summed E-state index contributed by atoms with van der Waals surface area (Å²) < 4.78 is 10.4. The van der Waals surface area contributed by atoms with E-state index in [0.29, 0.717) is 12.2 Å². The minimum atomic E-state index is -0.269. The van der Waals surface area contributed by atoms with Gasteiger partial charge in [0.15, 0.2) is 0 Å². The van der Waals surface area contributed by atoms with Gasteiger partial charge in [-0.15, -0.1) is 0 Å². The molecule has 1 N–H and O–H groups in total. The Bertz CT molecular complexity index is 660. The Hall–Kier alpha value is -2.48. The summed E-state index contributed by atoms with van der Waals surface area (Å²) in [4.78, 5) is 22.4. The van der Waals surface area contributed by atoms with E-state index >= 15 is 0 Å². The summed E-state index contributed by atoms with van der Waals surface area (Å²) in [5, 5.41) is 6.61. The van der Waals surface area contributed by atoms with Crippen LogP contribution in [-0.2, 0) is 4.74 Å². The summed E-state index contributed by atoms with van der Waals surface area (Å²) in [6.45, 7) is 2.98. The van der Waals surface area contributed by atoms with Crippen molar-refractivity contribution in [3.05, 3.63) is 36.1 Å². The second kappa shape index (κ2) is 6.74. The molecule has 0 aliphatic carbocycles. The van der Waals surface area contributed by atoms with Gasteiger partial charge < -0.3 is 19.5 Å². The lowest BCUT2D eigenvalue weighted by Crippen LogP contribution is -2.40. The van der Waals surface area contributed by atoms with Gasteiger partial charge in [0, 0.05) is 32.5 Å². The molecule has 1 saturated heterocycles. The van der Waals surface area contributed by atoms with Crippen LogP contribution in [0.2, 0.25) is 0 Å². The summed E-state index contributed by atoms with van der Waals surface area (Å²) in [6.07, 6.45) is 4.15. The van der Waals surface area contributed by atoms with Gasteiger partial charge in [0.1, 0.15) is 12.1 Å². The molecule has 8 nitrogen and oxygen atoms in total. The van der Waals surface area contributed by atoms with Crippen molar-refractivity contribution in [1.82, 2.24) is 20.4 Å². The third kappa shape index (κ3) is 3.48. The van der Waals surface area contributed by atoms with Gasteiger partial charge in [-0.05, 0) is 19.4 Å². The number of aryl methyl sites for hydroxylation is 1. The molecule has 3 heterocycles. The Morgan fingerprint density at radius 3 is 3.09 bits per heavy atom. The number of carbonyl (C=O) groups excluding carboxylic acids is 1. The van der Waals surface area contributed by atoms with Gasteiger partial charge in [-0.2, -0.15) is 0 Å². The van der Waals surface area contributed by atoms with Crippen LogP contribution in [0.25, 0.3) is 0 Å². The molecule has 23 heavy (non-hydrogen) atoms. The maximum Gasteiger partial charge on any atom is 0.289 e. The van der Waals surface area contributed by atoms with E-state index in [1.807, 2.05) is 6.07 Å². The van der Waals surface area contributed by atoms with Gasteiger partial charge in [-0.25, -0.2) is 9.97 Å². The van der Waals surface area contributed by atoms with Gasteiger partial charge in [0.05, 0.1) is 17.8 Å². The number of amides is 1. The topological polar surface area (TPSA) is 93.4 Å². The van der Waals surface area contributed by atoms with E-state index in [1.165, 1.54) is 6.33 Å². The van der Waals surface area contributed by atoms with Crippen molar-refractivity contribution in [2.24, 2.45) is 0 Å². The van der Waals surface area contributed by atoms with Crippen LogP contribution in [0.15, 0.2) is 29.2 Å². The lowest BCUT2D eigenvalue weighted by molar-refractivity contribution is 0.0910. The van der Waals surface area contributed by atoms with Crippen molar-refractivity contribution in [3.8, 4) is 0 Å². The molecule has 8 heteroatoms. The lowest BCUT2D eigenvalue weighted by atomic mass is 10.2. The molecule has 0 saturated carbocycles. The predicted molar refractivity (Wildman–Crippen MR) is 82.2 cm³/mol. The molecule has 1 aliphatic rings. The standard InChI is InChI=1S/C15H19N5O3/c1-10-5-13(23-19-10)15(21)17-7-11-6-12(22-2)8-20(11)14-3-4-16-9-18-14/h3-5,9,11-12H,6-8H2,1-2H3,(H,17,21)/t11-,12-/m1/s1. The smallest absolute Gasteiger partial charge is 0.289 e. The monoisotopic (exact) mass is 317 g/mol. The molecular formula is C15H19N5O3. The molecule has 2 aromatic rings. The van der Waals surface area contributed by atoms with Crippen LogP contribution in [0.5, 0.6) is 0 Å². The molecule has 2 aromatic heterocycles. The Morgan fingerprint density at radius 2 is 2.43 bits per heavy atom. The van der Waals surface area contributed by atoms with Crippen LogP contribution in [0, 0.1) is 6.92 Å². The first-order chi connectivity index (χ1) is 11.2. The highest BCUT2D eigenvalue weighted by molar-refractivity contribution is 5.91. The zero-order chi connectivity index (χ0) is 16.2. The average Bonchev–Trinajstić information content (AvgIpc) is 3.19. The molecule has 1 aliphatic heterocycles. The van der Waals surface area contributed by atoms with Crippen LogP contribution in [-0.4, -0.2) is 53.4 Å². The molecule has 122 valence electrons. The zero-order valence-corrected chi connectivity index (χ0v) is 13.1. The molecule has 0 spiro atoms. The number of nitrogens with one attached hydrogen (secondary N) is 1. The molecular weight excluding hydrogens is 298 g/mol. The van der Waals surface area contributed by atoms with Gasteiger partial charge in [-0.3, -0.25) is 4.79 Å². The van der Waals surface area contributed by atoms with E-state index in [-0.39, 0.29) is 23.8 Å². The van der Waals surface area contributed by atoms with Crippen molar-refractivity contribution < 1.29 is 14.1 Å². The molecule has 0 radical (unpaired) electrons. The number of anilines is 1. The second-order valence-electron chi connectivity index (χ2n) is 5.51. The second-order valence-corrected chi connectivity index (χ2v) is 5.51. The van der Waals surface area contributed by atoms with Crippen LogP contribution in [0.4, 0.5) is 5.82 Å². The average molecular weight is 317 g/mol. The molecule has 0 aromatic carbocycles. The largest absolute Gasteiger partial charge is 0.380 e. The highest BCUT2D eigenvalue weighted by Gasteiger charge is 2.33. The van der Waals surface area contributed by atoms with Gasteiger partial charge in [-0.1, -0.05) is 5.16 Å². The summed E-state index contributed by atoms with van der Waals surface area (Å²) in [5.74, 6) is 0.779. The van der Waals surface area contributed by atoms with Crippen LogP contribution in [0.3, 0.4) is 0 Å². The minimum Gasteiger partial charge on any atom is -0.380 e. The third-order valence-corrected chi connectivity index (χ3v) is 3.92. The van der Waals surface area contributed by atoms with Crippen LogP contribution >= 0.6 is 0 Å². The van der Waals surface area contributed by atoms with Gasteiger partial charge in [0.2, 0.25) is 5.76 Å². The summed E-state index contributed by atoms with van der Waals surface area (Å²) in [5.41, 5.74) is 0.679. The molecule has 1 amide bonds. The highest BCUT2D eigenvalue weighted by atomic mass is 16.5. The SMILES string of the molecule is CO[C@@H]1C[C@H](CNC(=O)c2cc(C)no2)N(c2ccncn2)C1. The van der Waals surface area contributed by atoms with Gasteiger partial charge in [0.25, 0.3) is 5.91 Å². The predicted octanol–water partition coefficient (Wildman–Crippen LogP) is 0.797. The normalized spacial score (nSPS) is 20.7. The van der Waals surface area contributed by atoms with E-state index in [1.54, 1.807) is 26.3 Å². The van der Waals surface area contributed by atoms with Crippen molar-refractivity contribution in [2.75, 3.05) is 25.1 Å². The summed E-state index contributed by atoms with van der Waals surface area (Å²) in [6, 6.07) is 3.57. The quantitative estimate of drug-likeness (QED) is 0.871. The van der Waals surface area contributed by atoms with Crippen LogP contribution in [0.1, 0.15) is 22.7 Å². The van der Waals surface area contributed by atoms with Crippen LogP contribution < -0.4 is 10.2 Å². The maximum absolute atomic E-state index is 12.1. The molecule has 0 bridgehead atoms. The van der Waals surface area contributed by atoms with E-state index < -0.39 is 0 Å². The summed E-state index contributed by atoms with van der Waals surface area (Å²) >= 11 is 0. The maximum atomic E-state index is 12.1. The molecule has 3 rings (SSSR count). The fourth-order valence-corrected chi connectivity index (χ4v) is 2.74. The van der Waals surface area contributed by atoms with Crippen molar-refractivity contribution >= 4 is 11.7 Å². The van der Waals surface area contributed by atoms with E-state index in [2.05, 4.69) is 25.3 Å². The molecule has 1 fully saturated rings. The summed E-state index contributed by atoms with van der Waals surface area (Å²) in [7, 11) is 1.70. The third-order valence-electron chi connectivity index (χ3n) is 3.92. The van der Waals surface area contributed by atoms with Crippen molar-refractivity contribution in [3.63, 3.8) is 0 Å². The Labute approximate surface area is 133 Å². The fourth-order valence-electron chi connectivity index (χ4n) is 2.74. The molecule has 2 atom stereocenters. The number of hydrogen-bond donors (Lipinski definition) is 1. The van der Waals surface area contributed by atoms with E-state index in [9.17, 15) is 4.79 Å². The molecule has 0 unspecified atom stereocenters. The number of rotatable bonds is 5. The Kier molecular flexibility index (Phi) is 4.52. The Balaban J connectivity index is 1.66. The van der Waals surface area contributed by atoms with Crippen molar-refractivity contribution in [1.29, 1.82) is 0 Å². The number of aromatic nitrogens is 3.